The van der Waals surface area contributed by atoms with Gasteiger partial charge in [-0.1, -0.05) is 6.92 Å². The number of hydrogen-bond donors (Lipinski definition) is 2. The van der Waals surface area contributed by atoms with Crippen molar-refractivity contribution in [2.45, 2.75) is 19.0 Å². The van der Waals surface area contributed by atoms with Gasteiger partial charge >= 0.3 is 18.2 Å². The van der Waals surface area contributed by atoms with E-state index in [9.17, 15) is 18.0 Å². The first kappa shape index (κ1) is 15.3. The van der Waals surface area contributed by atoms with Crippen LogP contribution in [0.3, 0.4) is 0 Å². The largest absolute Gasteiger partial charge is 0.436 e. The summed E-state index contributed by atoms with van der Waals surface area (Å²) in [6, 6.07) is -1.21. The van der Waals surface area contributed by atoms with Crippen LogP contribution in [0.5, 0.6) is 0 Å². The Labute approximate surface area is 121 Å². The normalized spacial score (nSPS) is 13.0. The van der Waals surface area contributed by atoms with E-state index >= 15 is 0 Å². The molecule has 21 heavy (non-hydrogen) atoms. The first-order valence-corrected chi connectivity index (χ1v) is 6.71. The molecule has 0 saturated carbocycles. The molecule has 2 rings (SSSR count). The van der Waals surface area contributed by atoms with Gasteiger partial charge in [-0.05, 0) is 0 Å². The summed E-state index contributed by atoms with van der Waals surface area (Å²) in [6.45, 7) is 2.15. The number of oxazole rings is 1. The SMILES string of the molecule is C[C@@H](CNC(=O)Nc1nc(C(F)(F)F)co1)c1nccs1. The number of alkyl halides is 3. The molecule has 0 fully saturated rings. The minimum Gasteiger partial charge on any atom is -0.431 e. The third kappa shape index (κ3) is 4.18. The summed E-state index contributed by atoms with van der Waals surface area (Å²) in [5.41, 5.74) is -1.20. The molecule has 114 valence electrons. The molecule has 0 aliphatic rings. The molecule has 0 spiro atoms. The van der Waals surface area contributed by atoms with Crippen molar-refractivity contribution in [1.82, 2.24) is 15.3 Å². The molecule has 0 aliphatic heterocycles. The molecule has 2 aromatic heterocycles. The molecule has 2 amide bonds. The number of urea groups is 1. The van der Waals surface area contributed by atoms with Gasteiger partial charge in [-0.25, -0.2) is 9.78 Å². The van der Waals surface area contributed by atoms with Gasteiger partial charge in [0.1, 0.15) is 6.26 Å². The van der Waals surface area contributed by atoms with Gasteiger partial charge < -0.3 is 9.73 Å². The highest BCUT2D eigenvalue weighted by Crippen LogP contribution is 2.29. The highest BCUT2D eigenvalue weighted by Gasteiger charge is 2.35. The van der Waals surface area contributed by atoms with Crippen LogP contribution < -0.4 is 10.6 Å². The number of nitrogens with zero attached hydrogens (tertiary/aromatic N) is 2. The average molecular weight is 320 g/mol. The van der Waals surface area contributed by atoms with Crippen molar-refractivity contribution in [3.8, 4) is 0 Å². The zero-order valence-electron chi connectivity index (χ0n) is 10.8. The Morgan fingerprint density at radius 2 is 2.29 bits per heavy atom. The van der Waals surface area contributed by atoms with E-state index in [1.807, 2.05) is 12.3 Å². The molecule has 2 aromatic rings. The van der Waals surface area contributed by atoms with Gasteiger partial charge in [0.2, 0.25) is 0 Å². The van der Waals surface area contributed by atoms with E-state index in [1.54, 1.807) is 6.20 Å². The first-order valence-electron chi connectivity index (χ1n) is 5.83. The lowest BCUT2D eigenvalue weighted by atomic mass is 10.2. The molecule has 0 unspecified atom stereocenters. The van der Waals surface area contributed by atoms with Crippen LogP contribution in [0.15, 0.2) is 22.3 Å². The number of nitrogens with one attached hydrogen (secondary N) is 2. The van der Waals surface area contributed by atoms with Gasteiger partial charge in [-0.15, -0.1) is 11.3 Å². The number of thiazole rings is 1. The second-order valence-corrected chi connectivity index (χ2v) is 5.07. The van der Waals surface area contributed by atoms with Crippen molar-refractivity contribution < 1.29 is 22.4 Å². The van der Waals surface area contributed by atoms with Crippen molar-refractivity contribution in [3.05, 3.63) is 28.5 Å². The Bertz CT molecular complexity index is 597. The minimum atomic E-state index is -4.61. The van der Waals surface area contributed by atoms with Crippen LogP contribution >= 0.6 is 11.3 Å². The maximum Gasteiger partial charge on any atom is 0.436 e. The maximum absolute atomic E-state index is 12.3. The summed E-state index contributed by atoms with van der Waals surface area (Å²) >= 11 is 1.45. The predicted molar refractivity (Wildman–Crippen MR) is 69.1 cm³/mol. The highest BCUT2D eigenvalue weighted by molar-refractivity contribution is 7.09. The van der Waals surface area contributed by atoms with Crippen LogP contribution in [-0.2, 0) is 6.18 Å². The monoisotopic (exact) mass is 320 g/mol. The number of rotatable bonds is 4. The summed E-state index contributed by atoms with van der Waals surface area (Å²) < 4.78 is 41.4. The van der Waals surface area contributed by atoms with E-state index in [1.165, 1.54) is 11.3 Å². The van der Waals surface area contributed by atoms with Gasteiger partial charge in [0, 0.05) is 24.0 Å². The molecule has 10 heteroatoms. The van der Waals surface area contributed by atoms with Gasteiger partial charge in [0.25, 0.3) is 0 Å². The van der Waals surface area contributed by atoms with Crippen molar-refractivity contribution in [2.24, 2.45) is 0 Å². The van der Waals surface area contributed by atoms with E-state index in [2.05, 4.69) is 25.0 Å². The number of amides is 2. The van der Waals surface area contributed by atoms with E-state index in [-0.39, 0.29) is 12.5 Å². The first-order chi connectivity index (χ1) is 9.86. The maximum atomic E-state index is 12.3. The lowest BCUT2D eigenvalue weighted by molar-refractivity contribution is -0.141. The summed E-state index contributed by atoms with van der Waals surface area (Å²) in [6.07, 6.45) is -2.52. The van der Waals surface area contributed by atoms with E-state index in [0.29, 0.717) is 6.26 Å². The van der Waals surface area contributed by atoms with Crippen molar-refractivity contribution >= 4 is 23.4 Å². The smallest absolute Gasteiger partial charge is 0.431 e. The van der Waals surface area contributed by atoms with E-state index in [0.717, 1.165) is 5.01 Å². The number of carbonyl (C=O) groups excluding carboxylic acids is 1. The molecule has 0 saturated heterocycles. The van der Waals surface area contributed by atoms with Gasteiger partial charge in [-0.2, -0.15) is 18.2 Å². The minimum absolute atomic E-state index is 0.00829. The van der Waals surface area contributed by atoms with Crippen LogP contribution in [-0.4, -0.2) is 22.5 Å². The average Bonchev–Trinajstić information content (AvgIpc) is 3.05. The quantitative estimate of drug-likeness (QED) is 0.907. The number of hydrogen-bond acceptors (Lipinski definition) is 5. The molecule has 2 N–H and O–H groups in total. The molecule has 0 radical (unpaired) electrons. The highest BCUT2D eigenvalue weighted by atomic mass is 32.1. The van der Waals surface area contributed by atoms with Crippen LogP contribution in [0.25, 0.3) is 0 Å². The third-order valence-corrected chi connectivity index (χ3v) is 3.46. The molecule has 1 atom stereocenters. The Morgan fingerprint density at radius 3 is 2.86 bits per heavy atom. The van der Waals surface area contributed by atoms with Gasteiger partial charge in [0.15, 0.2) is 5.69 Å². The van der Waals surface area contributed by atoms with E-state index in [4.69, 9.17) is 0 Å². The van der Waals surface area contributed by atoms with E-state index < -0.39 is 23.9 Å². The summed E-state index contributed by atoms with van der Waals surface area (Å²) in [7, 11) is 0. The van der Waals surface area contributed by atoms with Crippen LogP contribution in [0, 0.1) is 0 Å². The van der Waals surface area contributed by atoms with Crippen molar-refractivity contribution in [3.63, 3.8) is 0 Å². The Morgan fingerprint density at radius 1 is 1.52 bits per heavy atom. The molecular formula is C11H11F3N4O2S. The number of anilines is 1. The molecule has 0 bridgehead atoms. The molecule has 0 aliphatic carbocycles. The van der Waals surface area contributed by atoms with Crippen LogP contribution in [0.1, 0.15) is 23.5 Å². The summed E-state index contributed by atoms with van der Waals surface area (Å²) in [4.78, 5) is 18.7. The predicted octanol–water partition coefficient (Wildman–Crippen LogP) is 3.08. The van der Waals surface area contributed by atoms with Gasteiger partial charge in [0.05, 0.1) is 5.01 Å². The Balaban J connectivity index is 1.83. The fourth-order valence-electron chi connectivity index (χ4n) is 1.41. The second-order valence-electron chi connectivity index (χ2n) is 4.14. The topological polar surface area (TPSA) is 80.0 Å². The number of carbonyl (C=O) groups is 1. The van der Waals surface area contributed by atoms with Crippen molar-refractivity contribution in [2.75, 3.05) is 11.9 Å². The number of halogens is 3. The Hall–Kier alpha value is -2.10. The zero-order chi connectivity index (χ0) is 15.5. The lowest BCUT2D eigenvalue weighted by Gasteiger charge is -2.09. The Kier molecular flexibility index (Phi) is 4.46. The summed E-state index contributed by atoms with van der Waals surface area (Å²) in [5.74, 6) is -0.00829. The van der Waals surface area contributed by atoms with Gasteiger partial charge in [-0.3, -0.25) is 5.32 Å². The fraction of sp³-hybridized carbons (Fsp3) is 0.364. The van der Waals surface area contributed by atoms with Crippen LogP contribution in [0.4, 0.5) is 24.0 Å². The molecular weight excluding hydrogens is 309 g/mol. The van der Waals surface area contributed by atoms with Crippen LogP contribution in [0.2, 0.25) is 0 Å². The fourth-order valence-corrected chi connectivity index (χ4v) is 2.11. The zero-order valence-corrected chi connectivity index (χ0v) is 11.6. The van der Waals surface area contributed by atoms with Crippen molar-refractivity contribution in [1.29, 1.82) is 0 Å². The molecule has 0 aromatic carbocycles. The lowest BCUT2D eigenvalue weighted by Crippen LogP contribution is -2.31. The molecule has 2 heterocycles. The standard InChI is InChI=1S/C11H11F3N4O2S/c1-6(8-15-2-3-21-8)4-16-9(19)18-10-17-7(5-20-10)11(12,13)14/h2-3,5-6H,4H2,1H3,(H2,16,17,18,19)/t6-/m0/s1. The second kappa shape index (κ2) is 6.12. The number of aromatic nitrogens is 2. The third-order valence-electron chi connectivity index (χ3n) is 2.46. The summed E-state index contributed by atoms with van der Waals surface area (Å²) in [5, 5.41) is 7.26. The molecule has 6 nitrogen and oxygen atoms in total.